The molecule has 0 aliphatic carbocycles. The highest BCUT2D eigenvalue weighted by Gasteiger charge is 2.52. The van der Waals surface area contributed by atoms with Gasteiger partial charge >= 0.3 is 5.97 Å². The average molecular weight is 631 g/mol. The highest BCUT2D eigenvalue weighted by molar-refractivity contribution is 6.08. The first-order valence-electron chi connectivity index (χ1n) is 15.8. The van der Waals surface area contributed by atoms with E-state index in [1.54, 1.807) is 33.5 Å². The minimum Gasteiger partial charge on any atom is -0.469 e. The van der Waals surface area contributed by atoms with Crippen LogP contribution in [0.2, 0.25) is 0 Å². The summed E-state index contributed by atoms with van der Waals surface area (Å²) in [6.07, 6.45) is 7.50. The second kappa shape index (κ2) is 14.8. The van der Waals surface area contributed by atoms with Gasteiger partial charge in [-0.2, -0.15) is 0 Å². The zero-order valence-electron chi connectivity index (χ0n) is 26.3. The molecule has 0 saturated carbocycles. The number of hydrogen-bond donors (Lipinski definition) is 3. The molecule has 1 aromatic heterocycles. The number of amides is 2. The summed E-state index contributed by atoms with van der Waals surface area (Å²) in [5, 5.41) is 33.7. The molecule has 0 spiro atoms. The van der Waals surface area contributed by atoms with Gasteiger partial charge in [0.1, 0.15) is 0 Å². The van der Waals surface area contributed by atoms with E-state index in [1.165, 1.54) is 7.11 Å². The summed E-state index contributed by atoms with van der Waals surface area (Å²) < 4.78 is 6.45. The molecule has 12 nitrogen and oxygen atoms in total. The second-order valence-corrected chi connectivity index (χ2v) is 11.7. The monoisotopic (exact) mass is 630 g/mol. The molecule has 0 radical (unpaired) electrons. The topological polar surface area (TPSA) is 150 Å². The number of methoxy groups -OCH3 is 1. The fraction of sp³-hybridized carbons (Fsp3) is 0.441. The van der Waals surface area contributed by atoms with E-state index in [9.17, 15) is 24.6 Å². The van der Waals surface area contributed by atoms with Crippen LogP contribution in [-0.2, 0) is 31.3 Å². The number of aliphatic hydroxyl groups excluding tert-OH is 1. The highest BCUT2D eigenvalue weighted by Crippen LogP contribution is 2.47. The van der Waals surface area contributed by atoms with Crippen LogP contribution in [0.4, 0.5) is 11.4 Å². The minimum atomic E-state index is -1.84. The van der Waals surface area contributed by atoms with Crippen molar-refractivity contribution in [2.45, 2.75) is 50.7 Å². The summed E-state index contributed by atoms with van der Waals surface area (Å²) in [6, 6.07) is 15.0. The molecule has 3 aromatic rings. The van der Waals surface area contributed by atoms with Gasteiger partial charge in [-0.1, -0.05) is 54.6 Å². The van der Waals surface area contributed by atoms with Crippen LogP contribution < -0.4 is 15.1 Å². The first-order valence-corrected chi connectivity index (χ1v) is 15.8. The van der Waals surface area contributed by atoms with Crippen LogP contribution in [0.15, 0.2) is 66.9 Å². The van der Waals surface area contributed by atoms with Crippen molar-refractivity contribution in [3.8, 4) is 0 Å². The van der Waals surface area contributed by atoms with E-state index < -0.39 is 17.4 Å². The summed E-state index contributed by atoms with van der Waals surface area (Å²) >= 11 is 0. The Bertz CT molecular complexity index is 1560. The molecule has 5 rings (SSSR count). The number of carbonyl (C=O) groups excluding carboxylic acids is 3. The maximum Gasteiger partial charge on any atom is 0.305 e. The van der Waals surface area contributed by atoms with Gasteiger partial charge < -0.3 is 30.1 Å². The molecule has 46 heavy (non-hydrogen) atoms. The first kappa shape index (κ1) is 33.0. The van der Waals surface area contributed by atoms with E-state index in [-0.39, 0.29) is 37.4 Å². The number of fused-ring (bicyclic) bond motifs is 1. The molecule has 0 bridgehead atoms. The fourth-order valence-corrected chi connectivity index (χ4v) is 6.13. The SMILES string of the molecule is COC(=O)CCCCN1C(=O)[C@@](O)([C@@H](C)/C=C/CCn2cc(C(CO)c3ccccc3)nn2)c2cc(N3CCNCC3=O)ccc21. The molecule has 1 unspecified atom stereocenters. The third-order valence-electron chi connectivity index (χ3n) is 8.80. The number of esters is 1. The van der Waals surface area contributed by atoms with Gasteiger partial charge in [0.05, 0.1) is 37.6 Å². The molecule has 3 heterocycles. The Morgan fingerprint density at radius 1 is 1.15 bits per heavy atom. The van der Waals surface area contributed by atoms with Crippen molar-refractivity contribution in [2.75, 3.05) is 49.7 Å². The summed E-state index contributed by atoms with van der Waals surface area (Å²) in [7, 11) is 1.35. The molecule has 3 atom stereocenters. The predicted molar refractivity (Wildman–Crippen MR) is 172 cm³/mol. The number of aliphatic hydroxyl groups is 2. The van der Waals surface area contributed by atoms with E-state index >= 15 is 0 Å². The predicted octanol–water partition coefficient (Wildman–Crippen LogP) is 2.50. The molecular formula is C34H42N6O6. The molecule has 2 aromatic carbocycles. The first-order chi connectivity index (χ1) is 22.3. The molecule has 1 saturated heterocycles. The van der Waals surface area contributed by atoms with Crippen molar-refractivity contribution in [1.82, 2.24) is 20.3 Å². The number of anilines is 2. The van der Waals surface area contributed by atoms with Crippen LogP contribution in [-0.4, -0.2) is 82.9 Å². The molecular weight excluding hydrogens is 588 g/mol. The number of hydrogen-bond acceptors (Lipinski definition) is 9. The van der Waals surface area contributed by atoms with Crippen molar-refractivity contribution < 1.29 is 29.3 Å². The van der Waals surface area contributed by atoms with E-state index in [2.05, 4.69) is 15.6 Å². The Morgan fingerprint density at radius 3 is 2.70 bits per heavy atom. The van der Waals surface area contributed by atoms with Gasteiger partial charge in [0, 0.05) is 56.0 Å². The fourth-order valence-electron chi connectivity index (χ4n) is 6.13. The molecule has 12 heteroatoms. The van der Waals surface area contributed by atoms with Gasteiger partial charge in [0.15, 0.2) is 5.60 Å². The number of ether oxygens (including phenoxy) is 1. The van der Waals surface area contributed by atoms with Crippen molar-refractivity contribution >= 4 is 29.2 Å². The number of aryl methyl sites for hydroxylation is 1. The third kappa shape index (κ3) is 6.88. The molecule has 244 valence electrons. The lowest BCUT2D eigenvalue weighted by Crippen LogP contribution is -2.48. The number of piperazine rings is 1. The Morgan fingerprint density at radius 2 is 1.96 bits per heavy atom. The maximum absolute atomic E-state index is 13.9. The highest BCUT2D eigenvalue weighted by atomic mass is 16.5. The number of benzene rings is 2. The summed E-state index contributed by atoms with van der Waals surface area (Å²) in [6.45, 7) is 3.95. The second-order valence-electron chi connectivity index (χ2n) is 11.7. The molecule has 1 fully saturated rings. The Kier molecular flexibility index (Phi) is 10.6. The summed E-state index contributed by atoms with van der Waals surface area (Å²) in [5.74, 6) is -1.66. The minimum absolute atomic E-state index is 0.0722. The smallest absolute Gasteiger partial charge is 0.305 e. The lowest BCUT2D eigenvalue weighted by Gasteiger charge is -2.30. The number of rotatable bonds is 14. The van der Waals surface area contributed by atoms with Crippen LogP contribution in [0.5, 0.6) is 0 Å². The standard InChI is InChI=1S/C34H42N6O6/c1-24(10-6-8-17-38-22-29(36-37-38)27(23-41)25-11-4-3-5-12-25)34(45)28-20-26(39-19-16-35-21-31(39)42)14-15-30(28)40(33(34)44)18-9-7-13-32(43)46-2/h3-6,10-12,14-15,20,22,24,27,35,41,45H,7-9,13,16-19,21,23H2,1-2H3/b10-6+/t24-,27?,34+/m0/s1. The number of aromatic nitrogens is 3. The number of nitrogens with one attached hydrogen (secondary N) is 1. The lowest BCUT2D eigenvalue weighted by atomic mass is 9.82. The van der Waals surface area contributed by atoms with Crippen molar-refractivity contribution in [3.63, 3.8) is 0 Å². The number of allylic oxidation sites excluding steroid dienone is 1. The van der Waals surface area contributed by atoms with E-state index in [1.807, 2.05) is 54.7 Å². The zero-order valence-corrected chi connectivity index (χ0v) is 26.3. The lowest BCUT2D eigenvalue weighted by molar-refractivity contribution is -0.140. The quantitative estimate of drug-likeness (QED) is 0.139. The Labute approximate surface area is 268 Å². The van der Waals surface area contributed by atoms with Crippen LogP contribution >= 0.6 is 0 Å². The number of nitrogens with zero attached hydrogens (tertiary/aromatic N) is 5. The average Bonchev–Trinajstić information content (AvgIpc) is 3.62. The zero-order chi connectivity index (χ0) is 32.7. The van der Waals surface area contributed by atoms with E-state index in [0.717, 1.165) is 5.56 Å². The van der Waals surface area contributed by atoms with Gasteiger partial charge in [-0.3, -0.25) is 19.1 Å². The van der Waals surface area contributed by atoms with Crippen molar-refractivity contribution in [3.05, 3.63) is 83.7 Å². The Balaban J connectivity index is 1.31. The number of unbranched alkanes of at least 4 members (excludes halogenated alkanes) is 1. The largest absolute Gasteiger partial charge is 0.469 e. The van der Waals surface area contributed by atoms with E-state index in [4.69, 9.17) is 4.74 Å². The van der Waals surface area contributed by atoms with Crippen molar-refractivity contribution in [1.29, 1.82) is 0 Å². The Hall–Kier alpha value is -4.39. The molecule has 2 amide bonds. The van der Waals surface area contributed by atoms with Gasteiger partial charge in [-0.05, 0) is 43.0 Å². The van der Waals surface area contributed by atoms with Gasteiger partial charge in [0.25, 0.3) is 5.91 Å². The molecule has 3 N–H and O–H groups in total. The van der Waals surface area contributed by atoms with E-state index in [0.29, 0.717) is 68.1 Å². The van der Waals surface area contributed by atoms with Crippen LogP contribution in [0, 0.1) is 5.92 Å². The maximum atomic E-state index is 13.9. The molecule has 2 aliphatic rings. The summed E-state index contributed by atoms with van der Waals surface area (Å²) in [5.41, 5.74) is 1.50. The van der Waals surface area contributed by atoms with Crippen LogP contribution in [0.1, 0.15) is 55.3 Å². The van der Waals surface area contributed by atoms with Gasteiger partial charge in [-0.25, -0.2) is 0 Å². The molecule has 2 aliphatic heterocycles. The third-order valence-corrected chi connectivity index (χ3v) is 8.80. The van der Waals surface area contributed by atoms with Gasteiger partial charge in [-0.15, -0.1) is 5.10 Å². The van der Waals surface area contributed by atoms with Crippen LogP contribution in [0.25, 0.3) is 0 Å². The van der Waals surface area contributed by atoms with Crippen molar-refractivity contribution in [2.24, 2.45) is 5.92 Å². The normalized spacial score (nSPS) is 19.5. The number of carbonyl (C=O) groups is 3. The van der Waals surface area contributed by atoms with Crippen LogP contribution in [0.3, 0.4) is 0 Å². The summed E-state index contributed by atoms with van der Waals surface area (Å²) in [4.78, 5) is 41.4. The van der Waals surface area contributed by atoms with Gasteiger partial charge in [0.2, 0.25) is 5.91 Å².